The van der Waals surface area contributed by atoms with Crippen molar-refractivity contribution in [2.75, 3.05) is 5.75 Å². The standard InChI is InChI=1S/C12H11BrOS2/c13-10-2-1-3-11(6-10)16-8-12(14)9-4-5-15-7-9/h1-7,12,14H,8H2. The molecule has 1 aromatic carbocycles. The summed E-state index contributed by atoms with van der Waals surface area (Å²) in [7, 11) is 0. The molecule has 0 saturated heterocycles. The van der Waals surface area contributed by atoms with Crippen LogP contribution < -0.4 is 0 Å². The van der Waals surface area contributed by atoms with E-state index in [1.807, 2.05) is 29.0 Å². The van der Waals surface area contributed by atoms with Crippen LogP contribution in [-0.2, 0) is 0 Å². The molecule has 1 nitrogen and oxygen atoms in total. The van der Waals surface area contributed by atoms with Gasteiger partial charge in [-0.25, -0.2) is 0 Å². The summed E-state index contributed by atoms with van der Waals surface area (Å²) in [6.07, 6.45) is -0.379. The van der Waals surface area contributed by atoms with Gasteiger partial charge in [0.25, 0.3) is 0 Å². The molecule has 0 fully saturated rings. The molecule has 0 aliphatic heterocycles. The lowest BCUT2D eigenvalue weighted by Gasteiger charge is -2.08. The van der Waals surface area contributed by atoms with Crippen LogP contribution in [0.1, 0.15) is 11.7 Å². The van der Waals surface area contributed by atoms with Gasteiger partial charge in [-0.1, -0.05) is 22.0 Å². The molecule has 2 rings (SSSR count). The highest BCUT2D eigenvalue weighted by Gasteiger charge is 2.08. The Morgan fingerprint density at radius 1 is 1.38 bits per heavy atom. The number of aliphatic hydroxyl groups excluding tert-OH is 1. The second kappa shape index (κ2) is 5.87. The van der Waals surface area contributed by atoms with Crippen LogP contribution in [0.5, 0.6) is 0 Å². The molecule has 0 bridgehead atoms. The third-order valence-electron chi connectivity index (χ3n) is 2.13. The van der Waals surface area contributed by atoms with Crippen molar-refractivity contribution in [2.24, 2.45) is 0 Å². The molecular formula is C12H11BrOS2. The highest BCUT2D eigenvalue weighted by Crippen LogP contribution is 2.27. The molecule has 84 valence electrons. The number of benzene rings is 1. The molecule has 1 N–H and O–H groups in total. The summed E-state index contributed by atoms with van der Waals surface area (Å²) in [5, 5.41) is 13.9. The van der Waals surface area contributed by atoms with Gasteiger partial charge in [0.05, 0.1) is 6.10 Å². The van der Waals surface area contributed by atoms with Crippen molar-refractivity contribution in [3.8, 4) is 0 Å². The highest BCUT2D eigenvalue weighted by atomic mass is 79.9. The molecule has 1 unspecified atom stereocenters. The van der Waals surface area contributed by atoms with Crippen LogP contribution in [0.25, 0.3) is 0 Å². The van der Waals surface area contributed by atoms with Crippen molar-refractivity contribution in [1.82, 2.24) is 0 Å². The van der Waals surface area contributed by atoms with Gasteiger partial charge in [-0.2, -0.15) is 11.3 Å². The summed E-state index contributed by atoms with van der Waals surface area (Å²) in [6.45, 7) is 0. The van der Waals surface area contributed by atoms with E-state index in [1.165, 1.54) is 4.90 Å². The highest BCUT2D eigenvalue weighted by molar-refractivity contribution is 9.10. The van der Waals surface area contributed by atoms with E-state index in [-0.39, 0.29) is 6.10 Å². The molecule has 0 amide bonds. The summed E-state index contributed by atoms with van der Waals surface area (Å²) in [5.41, 5.74) is 1.01. The van der Waals surface area contributed by atoms with Gasteiger partial charge in [0, 0.05) is 15.1 Å². The maximum Gasteiger partial charge on any atom is 0.0891 e. The minimum atomic E-state index is -0.379. The summed E-state index contributed by atoms with van der Waals surface area (Å²) < 4.78 is 1.07. The van der Waals surface area contributed by atoms with Crippen molar-refractivity contribution >= 4 is 39.0 Å². The van der Waals surface area contributed by atoms with Gasteiger partial charge < -0.3 is 5.11 Å². The largest absolute Gasteiger partial charge is 0.388 e. The predicted molar refractivity (Wildman–Crippen MR) is 74.1 cm³/mol. The molecule has 0 saturated carbocycles. The van der Waals surface area contributed by atoms with Crippen LogP contribution >= 0.6 is 39.0 Å². The lowest BCUT2D eigenvalue weighted by Crippen LogP contribution is -1.98. The SMILES string of the molecule is OC(CSc1cccc(Br)c1)c1ccsc1. The summed E-state index contributed by atoms with van der Waals surface area (Å²) in [5.74, 6) is 0.688. The van der Waals surface area contributed by atoms with E-state index >= 15 is 0 Å². The van der Waals surface area contributed by atoms with Crippen LogP contribution in [-0.4, -0.2) is 10.9 Å². The molecule has 1 heterocycles. The van der Waals surface area contributed by atoms with Crippen LogP contribution in [0, 0.1) is 0 Å². The van der Waals surface area contributed by atoms with E-state index in [2.05, 4.69) is 28.1 Å². The molecule has 0 spiro atoms. The lowest BCUT2D eigenvalue weighted by molar-refractivity contribution is 0.204. The van der Waals surface area contributed by atoms with Gasteiger partial charge >= 0.3 is 0 Å². The first-order valence-electron chi connectivity index (χ1n) is 4.84. The van der Waals surface area contributed by atoms with Crippen LogP contribution in [0.4, 0.5) is 0 Å². The Morgan fingerprint density at radius 3 is 2.94 bits per heavy atom. The van der Waals surface area contributed by atoms with Crippen LogP contribution in [0.15, 0.2) is 50.5 Å². The molecule has 4 heteroatoms. The molecule has 1 aromatic heterocycles. The van der Waals surface area contributed by atoms with E-state index < -0.39 is 0 Å². The van der Waals surface area contributed by atoms with Gasteiger partial charge in [-0.05, 0) is 40.6 Å². The molecule has 0 aliphatic carbocycles. The second-order valence-electron chi connectivity index (χ2n) is 3.34. The maximum absolute atomic E-state index is 9.91. The number of hydrogen-bond donors (Lipinski definition) is 1. The van der Waals surface area contributed by atoms with Crippen molar-refractivity contribution in [2.45, 2.75) is 11.0 Å². The average Bonchev–Trinajstić information content (AvgIpc) is 2.79. The molecule has 16 heavy (non-hydrogen) atoms. The molecule has 2 aromatic rings. The van der Waals surface area contributed by atoms with E-state index in [4.69, 9.17) is 0 Å². The van der Waals surface area contributed by atoms with E-state index in [0.29, 0.717) is 5.75 Å². The van der Waals surface area contributed by atoms with Crippen molar-refractivity contribution in [1.29, 1.82) is 0 Å². The quantitative estimate of drug-likeness (QED) is 0.847. The first-order valence-corrected chi connectivity index (χ1v) is 7.56. The Balaban J connectivity index is 1.92. The fraction of sp³-hybridized carbons (Fsp3) is 0.167. The van der Waals surface area contributed by atoms with Gasteiger partial charge in [0.1, 0.15) is 0 Å². The molecule has 1 atom stereocenters. The fourth-order valence-corrected chi connectivity index (χ4v) is 3.48. The van der Waals surface area contributed by atoms with Gasteiger partial charge in [0.2, 0.25) is 0 Å². The number of aliphatic hydroxyl groups is 1. The van der Waals surface area contributed by atoms with Crippen LogP contribution in [0.2, 0.25) is 0 Å². The van der Waals surface area contributed by atoms with E-state index in [0.717, 1.165) is 10.0 Å². The third kappa shape index (κ3) is 3.35. The Hall–Kier alpha value is -0.290. The number of rotatable bonds is 4. The molecule has 0 radical (unpaired) electrons. The summed E-state index contributed by atoms with van der Waals surface area (Å²) >= 11 is 6.71. The minimum Gasteiger partial charge on any atom is -0.388 e. The maximum atomic E-state index is 9.91. The third-order valence-corrected chi connectivity index (χ3v) is 4.40. The molecular weight excluding hydrogens is 304 g/mol. The Bertz CT molecular complexity index is 442. The van der Waals surface area contributed by atoms with Gasteiger partial charge in [0.15, 0.2) is 0 Å². The predicted octanol–water partition coefficient (Wildman–Crippen LogP) is 4.34. The number of thioether (sulfide) groups is 1. The van der Waals surface area contributed by atoms with Gasteiger partial charge in [-0.3, -0.25) is 0 Å². The summed E-state index contributed by atoms with van der Waals surface area (Å²) in [6, 6.07) is 10.1. The zero-order valence-corrected chi connectivity index (χ0v) is 11.7. The minimum absolute atomic E-state index is 0.379. The lowest BCUT2D eigenvalue weighted by atomic mass is 10.2. The van der Waals surface area contributed by atoms with Crippen molar-refractivity contribution in [3.63, 3.8) is 0 Å². The Morgan fingerprint density at radius 2 is 2.25 bits per heavy atom. The van der Waals surface area contributed by atoms with Crippen LogP contribution in [0.3, 0.4) is 0 Å². The first-order chi connectivity index (χ1) is 7.75. The second-order valence-corrected chi connectivity index (χ2v) is 6.13. The fourth-order valence-electron chi connectivity index (χ4n) is 1.29. The van der Waals surface area contributed by atoms with Crippen molar-refractivity contribution < 1.29 is 5.11 Å². The van der Waals surface area contributed by atoms with Crippen molar-refractivity contribution in [3.05, 3.63) is 51.1 Å². The Kier molecular flexibility index (Phi) is 4.46. The van der Waals surface area contributed by atoms with Gasteiger partial charge in [-0.15, -0.1) is 11.8 Å². The topological polar surface area (TPSA) is 20.2 Å². The van der Waals surface area contributed by atoms with E-state index in [9.17, 15) is 5.11 Å². The first kappa shape index (κ1) is 12.2. The zero-order valence-electron chi connectivity index (χ0n) is 8.47. The Labute approximate surface area is 112 Å². The van der Waals surface area contributed by atoms with E-state index in [1.54, 1.807) is 23.1 Å². The summed E-state index contributed by atoms with van der Waals surface area (Å²) in [4.78, 5) is 1.17. The monoisotopic (exact) mass is 314 g/mol. The smallest absolute Gasteiger partial charge is 0.0891 e. The normalized spacial score (nSPS) is 12.6. The number of thiophene rings is 1. The number of halogens is 1. The zero-order chi connectivity index (χ0) is 11.4. The average molecular weight is 315 g/mol. The molecule has 0 aliphatic rings. The number of hydrogen-bond acceptors (Lipinski definition) is 3.